The van der Waals surface area contributed by atoms with Gasteiger partial charge in [-0.05, 0) is 54.9 Å². The number of nitrogens with one attached hydrogen (secondary N) is 1. The van der Waals surface area contributed by atoms with Gasteiger partial charge in [-0.1, -0.05) is 12.1 Å². The first-order valence-corrected chi connectivity index (χ1v) is 6.94. The lowest BCUT2D eigenvalue weighted by Crippen LogP contribution is -2.18. The lowest BCUT2D eigenvalue weighted by atomic mass is 9.94. The molecule has 0 fully saturated rings. The van der Waals surface area contributed by atoms with E-state index in [-0.39, 0.29) is 6.04 Å². The van der Waals surface area contributed by atoms with Crippen LogP contribution in [0.3, 0.4) is 0 Å². The van der Waals surface area contributed by atoms with Crippen LogP contribution >= 0.6 is 0 Å². The first kappa shape index (κ1) is 13.8. The number of fused-ring (bicyclic) bond motifs is 1. The van der Waals surface area contributed by atoms with Crippen LogP contribution in [-0.4, -0.2) is 21.0 Å². The number of hydrogen-bond acceptors (Lipinski definition) is 4. The lowest BCUT2D eigenvalue weighted by Gasteiger charge is -2.20. The van der Waals surface area contributed by atoms with Crippen molar-refractivity contribution in [2.45, 2.75) is 13.0 Å². The zero-order chi connectivity index (χ0) is 14.8. The molecule has 0 saturated heterocycles. The minimum Gasteiger partial charge on any atom is -0.497 e. The summed E-state index contributed by atoms with van der Waals surface area (Å²) in [5.41, 5.74) is 3.55. The highest BCUT2D eigenvalue weighted by atomic mass is 16.7. The zero-order valence-electron chi connectivity index (χ0n) is 12.5. The van der Waals surface area contributed by atoms with Crippen LogP contribution in [0.4, 0.5) is 0 Å². The maximum Gasteiger partial charge on any atom is 0.231 e. The van der Waals surface area contributed by atoms with Crippen molar-refractivity contribution < 1.29 is 14.2 Å². The first-order chi connectivity index (χ1) is 10.2. The number of aryl methyl sites for hydroxylation is 1. The minimum absolute atomic E-state index is 0.102. The molecule has 3 rings (SSSR count). The van der Waals surface area contributed by atoms with Crippen LogP contribution in [0.2, 0.25) is 0 Å². The highest BCUT2D eigenvalue weighted by Crippen LogP contribution is 2.36. The van der Waals surface area contributed by atoms with Gasteiger partial charge in [0.1, 0.15) is 5.75 Å². The number of ether oxygens (including phenoxy) is 3. The highest BCUT2D eigenvalue weighted by Gasteiger charge is 2.19. The number of rotatable bonds is 4. The summed E-state index contributed by atoms with van der Waals surface area (Å²) in [6.07, 6.45) is 0. The Balaban J connectivity index is 1.98. The van der Waals surface area contributed by atoms with E-state index in [1.165, 1.54) is 11.1 Å². The van der Waals surface area contributed by atoms with Gasteiger partial charge in [-0.25, -0.2) is 0 Å². The van der Waals surface area contributed by atoms with Crippen molar-refractivity contribution in [2.24, 2.45) is 0 Å². The van der Waals surface area contributed by atoms with Crippen molar-refractivity contribution in [3.05, 3.63) is 53.1 Å². The first-order valence-electron chi connectivity index (χ1n) is 6.94. The Morgan fingerprint density at radius 1 is 1.10 bits per heavy atom. The monoisotopic (exact) mass is 285 g/mol. The third-order valence-corrected chi connectivity index (χ3v) is 3.81. The maximum atomic E-state index is 5.47. The Labute approximate surface area is 124 Å². The molecule has 0 aromatic heterocycles. The van der Waals surface area contributed by atoms with E-state index in [0.717, 1.165) is 22.8 Å². The fraction of sp³-hybridized carbons (Fsp3) is 0.294. The van der Waals surface area contributed by atoms with Crippen LogP contribution in [0.5, 0.6) is 17.2 Å². The standard InChI is InChI=1S/C17H19NO3/c1-11-8-13(19-3)5-6-14(11)17(18-2)12-4-7-15-16(9-12)21-10-20-15/h4-9,17-18H,10H2,1-3H3. The van der Waals surface area contributed by atoms with E-state index in [1.54, 1.807) is 7.11 Å². The molecule has 1 aliphatic heterocycles. The summed E-state index contributed by atoms with van der Waals surface area (Å²) in [7, 11) is 3.64. The van der Waals surface area contributed by atoms with Crippen LogP contribution in [0.25, 0.3) is 0 Å². The number of methoxy groups -OCH3 is 1. The summed E-state index contributed by atoms with van der Waals surface area (Å²) in [5, 5.41) is 3.37. The molecule has 4 heteroatoms. The minimum atomic E-state index is 0.102. The van der Waals surface area contributed by atoms with Gasteiger partial charge in [0.15, 0.2) is 11.5 Å². The van der Waals surface area contributed by atoms with Crippen molar-refractivity contribution in [1.82, 2.24) is 5.32 Å². The van der Waals surface area contributed by atoms with Crippen molar-refractivity contribution in [2.75, 3.05) is 21.0 Å². The summed E-state index contributed by atoms with van der Waals surface area (Å²) in [6, 6.07) is 12.3. The van der Waals surface area contributed by atoms with Gasteiger partial charge in [0.2, 0.25) is 6.79 Å². The topological polar surface area (TPSA) is 39.7 Å². The lowest BCUT2D eigenvalue weighted by molar-refractivity contribution is 0.174. The van der Waals surface area contributed by atoms with E-state index in [9.17, 15) is 0 Å². The predicted molar refractivity (Wildman–Crippen MR) is 81.2 cm³/mol. The molecule has 1 atom stereocenters. The smallest absolute Gasteiger partial charge is 0.231 e. The second-order valence-corrected chi connectivity index (χ2v) is 5.06. The number of benzene rings is 2. The Bertz CT molecular complexity index is 654. The third kappa shape index (κ3) is 2.54. The molecule has 0 radical (unpaired) electrons. The zero-order valence-corrected chi connectivity index (χ0v) is 12.5. The molecule has 1 unspecified atom stereocenters. The second kappa shape index (κ2) is 5.66. The van der Waals surface area contributed by atoms with Crippen LogP contribution in [-0.2, 0) is 0 Å². The van der Waals surface area contributed by atoms with Gasteiger partial charge in [-0.2, -0.15) is 0 Å². The molecule has 1 heterocycles. The van der Waals surface area contributed by atoms with Gasteiger partial charge >= 0.3 is 0 Å². The fourth-order valence-corrected chi connectivity index (χ4v) is 2.69. The van der Waals surface area contributed by atoms with Crippen LogP contribution in [0, 0.1) is 6.92 Å². The predicted octanol–water partition coefficient (Wildman–Crippen LogP) is 3.04. The summed E-state index contributed by atoms with van der Waals surface area (Å²) < 4.78 is 16.1. The largest absolute Gasteiger partial charge is 0.497 e. The Kier molecular flexibility index (Phi) is 3.71. The van der Waals surface area contributed by atoms with Gasteiger partial charge in [0, 0.05) is 0 Å². The van der Waals surface area contributed by atoms with Crippen molar-refractivity contribution >= 4 is 0 Å². The van der Waals surface area contributed by atoms with E-state index in [0.29, 0.717) is 6.79 Å². The molecular weight excluding hydrogens is 266 g/mol. The molecule has 110 valence electrons. The quantitative estimate of drug-likeness (QED) is 0.937. The summed E-state index contributed by atoms with van der Waals surface area (Å²) in [5.74, 6) is 2.48. The van der Waals surface area contributed by atoms with Crippen molar-refractivity contribution in [1.29, 1.82) is 0 Å². The summed E-state index contributed by atoms with van der Waals surface area (Å²) >= 11 is 0. The normalized spacial score (nSPS) is 14.0. The van der Waals surface area contributed by atoms with Gasteiger partial charge < -0.3 is 19.5 Å². The average Bonchev–Trinajstić information content (AvgIpc) is 2.97. The van der Waals surface area contributed by atoms with Gasteiger partial charge in [-0.3, -0.25) is 0 Å². The molecule has 0 spiro atoms. The van der Waals surface area contributed by atoms with Crippen molar-refractivity contribution in [3.8, 4) is 17.2 Å². The van der Waals surface area contributed by atoms with Gasteiger partial charge in [0.25, 0.3) is 0 Å². The molecule has 1 aliphatic rings. The summed E-state index contributed by atoms with van der Waals surface area (Å²) in [4.78, 5) is 0. The van der Waals surface area contributed by atoms with E-state index in [1.807, 2.05) is 31.3 Å². The molecule has 0 saturated carbocycles. The van der Waals surface area contributed by atoms with Crippen LogP contribution < -0.4 is 19.5 Å². The Morgan fingerprint density at radius 3 is 2.62 bits per heavy atom. The maximum absolute atomic E-state index is 5.47. The molecular formula is C17H19NO3. The molecule has 0 amide bonds. The SMILES string of the molecule is CNC(c1ccc2c(c1)OCO2)c1ccc(OC)cc1C. The fourth-order valence-electron chi connectivity index (χ4n) is 2.69. The molecule has 4 nitrogen and oxygen atoms in total. The molecule has 21 heavy (non-hydrogen) atoms. The van der Waals surface area contributed by atoms with E-state index in [2.05, 4.69) is 24.4 Å². The highest BCUT2D eigenvalue weighted by molar-refractivity contribution is 5.48. The second-order valence-electron chi connectivity index (χ2n) is 5.06. The van der Waals surface area contributed by atoms with Crippen molar-refractivity contribution in [3.63, 3.8) is 0 Å². The van der Waals surface area contributed by atoms with Crippen LogP contribution in [0.1, 0.15) is 22.7 Å². The summed E-state index contributed by atoms with van der Waals surface area (Å²) in [6.45, 7) is 2.39. The van der Waals surface area contributed by atoms with Gasteiger partial charge in [-0.15, -0.1) is 0 Å². The van der Waals surface area contributed by atoms with E-state index >= 15 is 0 Å². The van der Waals surface area contributed by atoms with Crippen LogP contribution in [0.15, 0.2) is 36.4 Å². The average molecular weight is 285 g/mol. The van der Waals surface area contributed by atoms with E-state index < -0.39 is 0 Å². The molecule has 2 aromatic rings. The molecule has 0 aliphatic carbocycles. The molecule has 2 aromatic carbocycles. The Hall–Kier alpha value is -2.20. The molecule has 0 bridgehead atoms. The van der Waals surface area contributed by atoms with E-state index in [4.69, 9.17) is 14.2 Å². The Morgan fingerprint density at radius 2 is 1.90 bits per heavy atom. The third-order valence-electron chi connectivity index (χ3n) is 3.81. The number of hydrogen-bond donors (Lipinski definition) is 1. The van der Waals surface area contributed by atoms with Gasteiger partial charge in [0.05, 0.1) is 13.2 Å². The molecule has 1 N–H and O–H groups in total.